The lowest BCUT2D eigenvalue weighted by atomic mass is 9.82. The van der Waals surface area contributed by atoms with Crippen molar-refractivity contribution in [3.05, 3.63) is 34.9 Å². The average molecular weight is 223 g/mol. The summed E-state index contributed by atoms with van der Waals surface area (Å²) in [4.78, 5) is 22.7. The fourth-order valence-corrected chi connectivity index (χ4v) is 2.05. The molecule has 0 aliphatic heterocycles. The summed E-state index contributed by atoms with van der Waals surface area (Å²) in [6.07, 6.45) is 1.24. The van der Waals surface area contributed by atoms with Crippen LogP contribution in [0.2, 0.25) is 5.02 Å². The summed E-state index contributed by atoms with van der Waals surface area (Å²) in [5.74, 6) is -0.0150. The van der Waals surface area contributed by atoms with Gasteiger partial charge in [-0.3, -0.25) is 9.59 Å². The molecule has 2 rings (SSSR count). The van der Waals surface area contributed by atoms with Crippen LogP contribution in [0.4, 0.5) is 0 Å². The Morgan fingerprint density at radius 3 is 2.40 bits per heavy atom. The number of benzene rings is 1. The highest BCUT2D eigenvalue weighted by molar-refractivity contribution is 6.30. The third-order valence-corrected chi connectivity index (χ3v) is 3.00. The SMILES string of the molecule is O=C1CCC(c2ccc(Cl)cc2)C(=O)C1. The summed E-state index contributed by atoms with van der Waals surface area (Å²) in [7, 11) is 0. The Morgan fingerprint density at radius 2 is 1.80 bits per heavy atom. The van der Waals surface area contributed by atoms with E-state index in [0.717, 1.165) is 5.56 Å². The smallest absolute Gasteiger partial charge is 0.147 e. The van der Waals surface area contributed by atoms with E-state index in [1.165, 1.54) is 0 Å². The van der Waals surface area contributed by atoms with Crippen molar-refractivity contribution in [1.29, 1.82) is 0 Å². The normalized spacial score (nSPS) is 21.8. The van der Waals surface area contributed by atoms with Gasteiger partial charge in [0.2, 0.25) is 0 Å². The number of carbonyl (C=O) groups is 2. The molecule has 0 spiro atoms. The molecule has 3 heteroatoms. The van der Waals surface area contributed by atoms with Crippen LogP contribution in [0.3, 0.4) is 0 Å². The quantitative estimate of drug-likeness (QED) is 0.685. The van der Waals surface area contributed by atoms with Gasteiger partial charge in [-0.15, -0.1) is 0 Å². The third kappa shape index (κ3) is 2.26. The lowest BCUT2D eigenvalue weighted by molar-refractivity contribution is -0.130. The van der Waals surface area contributed by atoms with Crippen LogP contribution < -0.4 is 0 Å². The van der Waals surface area contributed by atoms with Crippen molar-refractivity contribution in [3.63, 3.8) is 0 Å². The predicted molar refractivity (Wildman–Crippen MR) is 58.1 cm³/mol. The first-order valence-electron chi connectivity index (χ1n) is 4.96. The number of rotatable bonds is 1. The zero-order valence-corrected chi connectivity index (χ0v) is 8.96. The van der Waals surface area contributed by atoms with E-state index in [9.17, 15) is 9.59 Å². The molecule has 0 saturated heterocycles. The van der Waals surface area contributed by atoms with E-state index in [1.54, 1.807) is 12.1 Å². The van der Waals surface area contributed by atoms with Crippen molar-refractivity contribution in [1.82, 2.24) is 0 Å². The Morgan fingerprint density at radius 1 is 1.13 bits per heavy atom. The number of carbonyl (C=O) groups excluding carboxylic acids is 2. The summed E-state index contributed by atoms with van der Waals surface area (Å²) < 4.78 is 0. The van der Waals surface area contributed by atoms with E-state index < -0.39 is 0 Å². The lowest BCUT2D eigenvalue weighted by Crippen LogP contribution is -2.23. The van der Waals surface area contributed by atoms with Gasteiger partial charge in [0, 0.05) is 17.4 Å². The standard InChI is InChI=1S/C12H11ClO2/c13-9-3-1-8(2-4-9)11-6-5-10(14)7-12(11)15/h1-4,11H,5-7H2. The van der Waals surface area contributed by atoms with Gasteiger partial charge in [-0.25, -0.2) is 0 Å². The number of ketones is 2. The first-order valence-corrected chi connectivity index (χ1v) is 5.34. The molecule has 1 unspecified atom stereocenters. The molecule has 1 aliphatic rings. The third-order valence-electron chi connectivity index (χ3n) is 2.74. The van der Waals surface area contributed by atoms with E-state index >= 15 is 0 Å². The van der Waals surface area contributed by atoms with Gasteiger partial charge in [-0.1, -0.05) is 23.7 Å². The van der Waals surface area contributed by atoms with Gasteiger partial charge < -0.3 is 0 Å². The summed E-state index contributed by atoms with van der Waals surface area (Å²) in [5.41, 5.74) is 0.969. The highest BCUT2D eigenvalue weighted by Crippen LogP contribution is 2.29. The largest absolute Gasteiger partial charge is 0.299 e. The van der Waals surface area contributed by atoms with E-state index in [0.29, 0.717) is 17.9 Å². The second kappa shape index (κ2) is 4.15. The van der Waals surface area contributed by atoms with Crippen LogP contribution >= 0.6 is 11.6 Å². The first kappa shape index (κ1) is 10.4. The fourth-order valence-electron chi connectivity index (χ4n) is 1.92. The topological polar surface area (TPSA) is 34.1 Å². The van der Waals surface area contributed by atoms with Gasteiger partial charge in [0.1, 0.15) is 11.6 Å². The molecule has 2 nitrogen and oxygen atoms in total. The minimum Gasteiger partial charge on any atom is -0.299 e. The van der Waals surface area contributed by atoms with Crippen molar-refractivity contribution in [2.75, 3.05) is 0 Å². The van der Waals surface area contributed by atoms with E-state index in [-0.39, 0.29) is 23.9 Å². The molecular formula is C12H11ClO2. The van der Waals surface area contributed by atoms with Crippen molar-refractivity contribution < 1.29 is 9.59 Å². The van der Waals surface area contributed by atoms with Crippen LogP contribution in [0.15, 0.2) is 24.3 Å². The Bertz CT molecular complexity index is 395. The molecule has 1 saturated carbocycles. The molecule has 78 valence electrons. The molecule has 1 fully saturated rings. The highest BCUT2D eigenvalue weighted by Gasteiger charge is 2.27. The van der Waals surface area contributed by atoms with Crippen LogP contribution in [0.5, 0.6) is 0 Å². The molecule has 0 radical (unpaired) electrons. The minimum absolute atomic E-state index is 0.0357. The van der Waals surface area contributed by atoms with Crippen LogP contribution in [-0.2, 0) is 9.59 Å². The minimum atomic E-state index is -0.111. The summed E-state index contributed by atoms with van der Waals surface area (Å²) >= 11 is 5.77. The monoisotopic (exact) mass is 222 g/mol. The molecule has 0 bridgehead atoms. The molecular weight excluding hydrogens is 212 g/mol. The van der Waals surface area contributed by atoms with Gasteiger partial charge in [0.05, 0.1) is 6.42 Å². The molecule has 0 amide bonds. The van der Waals surface area contributed by atoms with Crippen LogP contribution in [0.25, 0.3) is 0 Å². The highest BCUT2D eigenvalue weighted by atomic mass is 35.5. The summed E-state index contributed by atoms with van der Waals surface area (Å²) in [6.45, 7) is 0. The fraction of sp³-hybridized carbons (Fsp3) is 0.333. The summed E-state index contributed by atoms with van der Waals surface area (Å²) in [5, 5.41) is 0.665. The van der Waals surface area contributed by atoms with Gasteiger partial charge in [-0.05, 0) is 24.1 Å². The Balaban J connectivity index is 2.20. The lowest BCUT2D eigenvalue weighted by Gasteiger charge is -2.19. The zero-order valence-electron chi connectivity index (χ0n) is 8.20. The van der Waals surface area contributed by atoms with Crippen molar-refractivity contribution >= 4 is 23.2 Å². The molecule has 1 aromatic rings. The second-order valence-electron chi connectivity index (χ2n) is 3.82. The maximum atomic E-state index is 11.6. The molecule has 0 N–H and O–H groups in total. The first-order chi connectivity index (χ1) is 7.16. The Labute approximate surface area is 93.2 Å². The van der Waals surface area contributed by atoms with Crippen molar-refractivity contribution in [3.8, 4) is 0 Å². The van der Waals surface area contributed by atoms with Gasteiger partial charge >= 0.3 is 0 Å². The molecule has 15 heavy (non-hydrogen) atoms. The maximum absolute atomic E-state index is 11.6. The molecule has 1 aliphatic carbocycles. The molecule has 1 aromatic carbocycles. The molecule has 0 heterocycles. The van der Waals surface area contributed by atoms with Gasteiger partial charge in [0.25, 0.3) is 0 Å². The van der Waals surface area contributed by atoms with E-state index in [4.69, 9.17) is 11.6 Å². The van der Waals surface area contributed by atoms with Crippen molar-refractivity contribution in [2.24, 2.45) is 0 Å². The number of hydrogen-bond acceptors (Lipinski definition) is 2. The summed E-state index contributed by atoms with van der Waals surface area (Å²) in [6, 6.07) is 7.28. The Kier molecular flexibility index (Phi) is 2.87. The second-order valence-corrected chi connectivity index (χ2v) is 4.26. The molecule has 0 aromatic heterocycles. The van der Waals surface area contributed by atoms with E-state index in [2.05, 4.69) is 0 Å². The number of Topliss-reactive ketones (excluding diaryl/α,β-unsaturated/α-hetero) is 2. The molecule has 1 atom stereocenters. The van der Waals surface area contributed by atoms with Crippen LogP contribution in [0.1, 0.15) is 30.7 Å². The predicted octanol–water partition coefficient (Wildman–Crippen LogP) is 2.75. The van der Waals surface area contributed by atoms with Crippen molar-refractivity contribution in [2.45, 2.75) is 25.2 Å². The van der Waals surface area contributed by atoms with Crippen LogP contribution in [-0.4, -0.2) is 11.6 Å². The zero-order chi connectivity index (χ0) is 10.8. The van der Waals surface area contributed by atoms with Gasteiger partial charge in [-0.2, -0.15) is 0 Å². The van der Waals surface area contributed by atoms with Gasteiger partial charge in [0.15, 0.2) is 0 Å². The number of hydrogen-bond donors (Lipinski definition) is 0. The Hall–Kier alpha value is -1.15. The maximum Gasteiger partial charge on any atom is 0.147 e. The average Bonchev–Trinajstić information content (AvgIpc) is 2.20. The van der Waals surface area contributed by atoms with E-state index in [1.807, 2.05) is 12.1 Å². The van der Waals surface area contributed by atoms with Crippen LogP contribution in [0, 0.1) is 0 Å². The number of halogens is 1.